The summed E-state index contributed by atoms with van der Waals surface area (Å²) < 4.78 is 34.2. The normalized spacial score (nSPS) is 20.6. The van der Waals surface area contributed by atoms with E-state index in [2.05, 4.69) is 4.72 Å². The Morgan fingerprint density at radius 2 is 2.10 bits per heavy atom. The molecule has 0 bridgehead atoms. The number of aliphatic hydroxyl groups is 1. The van der Waals surface area contributed by atoms with Crippen molar-refractivity contribution in [2.24, 2.45) is 5.92 Å². The van der Waals surface area contributed by atoms with Crippen molar-refractivity contribution in [2.75, 3.05) is 38.5 Å². The standard InChI is InChI=1S/C21H29N3O5S2/c1-14-11-24(15(2)13-25)21(26)17-10-16(22-31(27,28)20-6-5-9-30-20)7-8-18(17)29-19(14)12-23(3)4/h5-10,14-15,19,22,25H,11-13H2,1-4H3/t14-,15-,19+/m1/s1. The lowest BCUT2D eigenvalue weighted by atomic mass is 9.99. The van der Waals surface area contributed by atoms with Gasteiger partial charge in [0.2, 0.25) is 0 Å². The molecule has 3 atom stereocenters. The summed E-state index contributed by atoms with van der Waals surface area (Å²) in [5.41, 5.74) is 0.542. The van der Waals surface area contributed by atoms with Crippen LogP contribution in [0.2, 0.25) is 0 Å². The van der Waals surface area contributed by atoms with Gasteiger partial charge < -0.3 is 19.6 Å². The van der Waals surface area contributed by atoms with E-state index in [0.717, 1.165) is 11.3 Å². The molecule has 1 aromatic carbocycles. The zero-order valence-electron chi connectivity index (χ0n) is 18.1. The van der Waals surface area contributed by atoms with Crippen LogP contribution in [0, 0.1) is 5.92 Å². The van der Waals surface area contributed by atoms with Crippen LogP contribution >= 0.6 is 11.3 Å². The van der Waals surface area contributed by atoms with Crippen LogP contribution in [0.5, 0.6) is 5.75 Å². The number of likely N-dealkylation sites (N-methyl/N-ethyl adjacent to an activating group) is 1. The van der Waals surface area contributed by atoms with Crippen molar-refractivity contribution >= 4 is 33.0 Å². The SMILES string of the molecule is C[C@@H]1CN([C@H](C)CO)C(=O)c2cc(NS(=O)(=O)c3cccs3)ccc2O[C@H]1CN(C)C. The number of nitrogens with zero attached hydrogens (tertiary/aromatic N) is 2. The summed E-state index contributed by atoms with van der Waals surface area (Å²) >= 11 is 1.12. The van der Waals surface area contributed by atoms with Gasteiger partial charge in [0.15, 0.2) is 0 Å². The Morgan fingerprint density at radius 3 is 2.71 bits per heavy atom. The number of nitrogens with one attached hydrogen (secondary N) is 1. The number of sulfonamides is 1. The van der Waals surface area contributed by atoms with Crippen LogP contribution in [0.25, 0.3) is 0 Å². The van der Waals surface area contributed by atoms with Crippen LogP contribution in [0.3, 0.4) is 0 Å². The number of anilines is 1. The molecule has 2 N–H and O–H groups in total. The third kappa shape index (κ3) is 5.38. The molecule has 2 aromatic rings. The van der Waals surface area contributed by atoms with E-state index < -0.39 is 10.0 Å². The van der Waals surface area contributed by atoms with E-state index >= 15 is 0 Å². The van der Waals surface area contributed by atoms with Gasteiger partial charge in [0, 0.05) is 24.7 Å². The Hall–Kier alpha value is -2.14. The van der Waals surface area contributed by atoms with Crippen molar-refractivity contribution < 1.29 is 23.1 Å². The van der Waals surface area contributed by atoms with Gasteiger partial charge in [-0.1, -0.05) is 13.0 Å². The van der Waals surface area contributed by atoms with Gasteiger partial charge in [-0.25, -0.2) is 8.42 Å². The first-order valence-electron chi connectivity index (χ1n) is 10.1. The fourth-order valence-electron chi connectivity index (χ4n) is 3.49. The number of amides is 1. The summed E-state index contributed by atoms with van der Waals surface area (Å²) in [7, 11) is 0.168. The largest absolute Gasteiger partial charge is 0.488 e. The highest BCUT2D eigenvalue weighted by molar-refractivity contribution is 7.94. The number of hydrogen-bond acceptors (Lipinski definition) is 7. The Labute approximate surface area is 187 Å². The Morgan fingerprint density at radius 1 is 1.35 bits per heavy atom. The van der Waals surface area contributed by atoms with E-state index in [4.69, 9.17) is 4.74 Å². The van der Waals surface area contributed by atoms with Crippen molar-refractivity contribution in [1.82, 2.24) is 9.80 Å². The molecule has 31 heavy (non-hydrogen) atoms. The first-order valence-corrected chi connectivity index (χ1v) is 12.4. The van der Waals surface area contributed by atoms with E-state index in [9.17, 15) is 18.3 Å². The highest BCUT2D eigenvalue weighted by atomic mass is 32.2. The highest BCUT2D eigenvalue weighted by Gasteiger charge is 2.33. The molecule has 10 heteroatoms. The van der Waals surface area contributed by atoms with E-state index in [-0.39, 0.29) is 46.0 Å². The van der Waals surface area contributed by atoms with Crippen molar-refractivity contribution in [3.8, 4) is 5.75 Å². The number of rotatable bonds is 7. The van der Waals surface area contributed by atoms with Crippen LogP contribution in [0.4, 0.5) is 5.69 Å². The molecule has 0 saturated carbocycles. The summed E-state index contributed by atoms with van der Waals surface area (Å²) in [6.07, 6.45) is -0.177. The number of ether oxygens (including phenoxy) is 1. The van der Waals surface area contributed by atoms with Gasteiger partial charge in [-0.3, -0.25) is 9.52 Å². The zero-order valence-corrected chi connectivity index (χ0v) is 19.7. The number of carbonyl (C=O) groups excluding carboxylic acids is 1. The van der Waals surface area contributed by atoms with E-state index in [1.165, 1.54) is 12.1 Å². The van der Waals surface area contributed by atoms with Crippen molar-refractivity contribution in [3.63, 3.8) is 0 Å². The minimum atomic E-state index is -3.74. The van der Waals surface area contributed by atoms with Crippen LogP contribution in [-0.2, 0) is 10.0 Å². The fourth-order valence-corrected chi connectivity index (χ4v) is 5.53. The molecule has 0 radical (unpaired) electrons. The van der Waals surface area contributed by atoms with Gasteiger partial charge in [0.25, 0.3) is 15.9 Å². The van der Waals surface area contributed by atoms with E-state index in [0.29, 0.717) is 18.8 Å². The molecule has 8 nitrogen and oxygen atoms in total. The second-order valence-corrected chi connectivity index (χ2v) is 11.0. The lowest BCUT2D eigenvalue weighted by molar-refractivity contribution is 0.0363. The Balaban J connectivity index is 2.00. The molecule has 1 aliphatic rings. The topological polar surface area (TPSA) is 99.2 Å². The molecule has 0 aliphatic carbocycles. The Kier molecular flexibility index (Phi) is 7.25. The van der Waals surface area contributed by atoms with Crippen LogP contribution in [0.15, 0.2) is 39.9 Å². The number of benzene rings is 1. The smallest absolute Gasteiger partial charge is 0.271 e. The van der Waals surface area contributed by atoms with Crippen molar-refractivity contribution in [1.29, 1.82) is 0 Å². The average molecular weight is 468 g/mol. The highest BCUT2D eigenvalue weighted by Crippen LogP contribution is 2.31. The number of thiophene rings is 1. The Bertz CT molecular complexity index is 1010. The van der Waals surface area contributed by atoms with Gasteiger partial charge >= 0.3 is 0 Å². The maximum absolute atomic E-state index is 13.4. The molecular formula is C21H29N3O5S2. The predicted octanol–water partition coefficient (Wildman–Crippen LogP) is 2.33. The molecule has 0 fully saturated rings. The molecule has 0 saturated heterocycles. The van der Waals surface area contributed by atoms with Crippen LogP contribution in [-0.4, -0.2) is 75.2 Å². The molecule has 1 aromatic heterocycles. The van der Waals surface area contributed by atoms with E-state index in [1.54, 1.807) is 35.4 Å². The number of fused-ring (bicyclic) bond motifs is 1. The average Bonchev–Trinajstić information content (AvgIpc) is 3.26. The van der Waals surface area contributed by atoms with Gasteiger partial charge in [-0.05, 0) is 50.7 Å². The summed E-state index contributed by atoms with van der Waals surface area (Å²) in [5.74, 6) is 0.131. The van der Waals surface area contributed by atoms with Crippen LogP contribution < -0.4 is 9.46 Å². The molecule has 3 rings (SSSR count). The van der Waals surface area contributed by atoms with E-state index in [1.807, 2.05) is 25.9 Å². The number of hydrogen-bond donors (Lipinski definition) is 2. The maximum atomic E-state index is 13.4. The van der Waals surface area contributed by atoms with Gasteiger partial charge in [-0.15, -0.1) is 11.3 Å². The molecule has 1 aliphatic heterocycles. The molecular weight excluding hydrogens is 438 g/mol. The molecule has 0 spiro atoms. The number of aliphatic hydroxyl groups excluding tert-OH is 1. The molecule has 1 amide bonds. The molecule has 0 unspecified atom stereocenters. The minimum absolute atomic E-state index is 0.0329. The van der Waals surface area contributed by atoms with Crippen LogP contribution in [0.1, 0.15) is 24.2 Å². The predicted molar refractivity (Wildman–Crippen MR) is 121 cm³/mol. The summed E-state index contributed by atoms with van der Waals surface area (Å²) in [6, 6.07) is 7.53. The maximum Gasteiger partial charge on any atom is 0.271 e. The summed E-state index contributed by atoms with van der Waals surface area (Å²) in [6.45, 7) is 4.72. The van der Waals surface area contributed by atoms with Gasteiger partial charge in [-0.2, -0.15) is 0 Å². The van der Waals surface area contributed by atoms with Gasteiger partial charge in [0.1, 0.15) is 16.1 Å². The quantitative estimate of drug-likeness (QED) is 0.649. The summed E-state index contributed by atoms with van der Waals surface area (Å²) in [4.78, 5) is 17.0. The monoisotopic (exact) mass is 467 g/mol. The number of carbonyl (C=O) groups is 1. The lowest BCUT2D eigenvalue weighted by Gasteiger charge is -2.37. The van der Waals surface area contributed by atoms with Crippen molar-refractivity contribution in [3.05, 3.63) is 41.3 Å². The van der Waals surface area contributed by atoms with Gasteiger partial charge in [0.05, 0.1) is 18.2 Å². The first-order chi connectivity index (χ1) is 14.6. The van der Waals surface area contributed by atoms with Crippen molar-refractivity contribution in [2.45, 2.75) is 30.2 Å². The third-order valence-corrected chi connectivity index (χ3v) is 8.00. The molecule has 2 heterocycles. The first kappa shape index (κ1) is 23.5. The molecule has 170 valence electrons. The lowest BCUT2D eigenvalue weighted by Crippen LogP contribution is -2.49. The minimum Gasteiger partial charge on any atom is -0.488 e. The second-order valence-electron chi connectivity index (χ2n) is 8.13. The second kappa shape index (κ2) is 9.56. The summed E-state index contributed by atoms with van der Waals surface area (Å²) in [5, 5.41) is 11.4. The zero-order chi connectivity index (χ0) is 22.8. The third-order valence-electron chi connectivity index (χ3n) is 5.22. The fraction of sp³-hybridized carbons (Fsp3) is 0.476.